The van der Waals surface area contributed by atoms with Crippen LogP contribution in [0.3, 0.4) is 0 Å². The number of phenols is 2. The zero-order valence-electron chi connectivity index (χ0n) is 25.5. The molecule has 2 heterocycles. The minimum absolute atomic E-state index is 0. The van der Waals surface area contributed by atoms with E-state index in [9.17, 15) is 24.6 Å². The van der Waals surface area contributed by atoms with E-state index in [1.165, 1.54) is 11.9 Å². The molecule has 2 aromatic rings. The van der Waals surface area contributed by atoms with Crippen molar-refractivity contribution in [3.8, 4) is 22.6 Å². The summed E-state index contributed by atoms with van der Waals surface area (Å²) in [5, 5.41) is 30.5. The minimum Gasteiger partial charge on any atom is -0.508 e. The third-order valence-corrected chi connectivity index (χ3v) is 8.32. The second-order valence-electron chi connectivity index (χ2n) is 11.4. The summed E-state index contributed by atoms with van der Waals surface area (Å²) < 4.78 is 0. The fourth-order valence-electron chi connectivity index (χ4n) is 5.72. The number of rotatable bonds is 7. The lowest BCUT2D eigenvalue weighted by molar-refractivity contribution is -0.142. The van der Waals surface area contributed by atoms with E-state index in [1.54, 1.807) is 36.4 Å². The number of nitrogens with two attached hydrogens (primary N) is 2. The molecule has 45 heavy (non-hydrogen) atoms. The van der Waals surface area contributed by atoms with E-state index < -0.39 is 29.9 Å². The van der Waals surface area contributed by atoms with Gasteiger partial charge in [0.05, 0.1) is 6.04 Å². The third-order valence-electron chi connectivity index (χ3n) is 8.32. The van der Waals surface area contributed by atoms with Crippen LogP contribution >= 0.6 is 50.9 Å². The van der Waals surface area contributed by atoms with Gasteiger partial charge in [0.2, 0.25) is 17.7 Å². The Hall–Kier alpha value is -2.23. The predicted octanol–water partition coefficient (Wildman–Crippen LogP) is 2.62. The molecule has 4 atom stereocenters. The smallest absolute Gasteiger partial charge is 0.245 e. The van der Waals surface area contributed by atoms with Gasteiger partial charge in [0, 0.05) is 32.5 Å². The van der Waals surface area contributed by atoms with Crippen molar-refractivity contribution in [2.45, 2.75) is 75.5 Å². The Balaban J connectivity index is 0.00000337. The molecular formula is C31H47Br3N6O5. The fourth-order valence-corrected chi connectivity index (χ4v) is 5.72. The van der Waals surface area contributed by atoms with E-state index in [4.69, 9.17) is 11.5 Å². The van der Waals surface area contributed by atoms with E-state index in [1.807, 2.05) is 0 Å². The molecule has 2 aliphatic heterocycles. The maximum absolute atomic E-state index is 13.8. The molecule has 4 rings (SSSR count). The summed E-state index contributed by atoms with van der Waals surface area (Å²) in [4.78, 5) is 42.0. The molecular weight excluding hydrogens is 776 g/mol. The van der Waals surface area contributed by atoms with Crippen LogP contribution in [-0.4, -0.2) is 83.7 Å². The largest absolute Gasteiger partial charge is 0.508 e. The first-order valence-electron chi connectivity index (χ1n) is 14.9. The van der Waals surface area contributed by atoms with Gasteiger partial charge < -0.3 is 42.5 Å². The van der Waals surface area contributed by atoms with Crippen LogP contribution in [0.15, 0.2) is 36.4 Å². The zero-order valence-corrected chi connectivity index (χ0v) is 30.6. The first-order chi connectivity index (χ1) is 20.2. The normalized spacial score (nSPS) is 21.9. The van der Waals surface area contributed by atoms with Crippen molar-refractivity contribution in [2.24, 2.45) is 11.5 Å². The SMILES string of the molecule is Br.Br.Br.CN1C(=O)[C@H](CCCN)NC(=O)[C@@H](N)Cc2cc(ccc2O)-c2ccc(O)c(c2)C[C@H]1C(=O)NCCC1CCCCN1. The number of phenolic OH excluding ortho intramolecular Hbond substituents is 2. The third kappa shape index (κ3) is 10.9. The number of halogens is 3. The Morgan fingerprint density at radius 1 is 0.978 bits per heavy atom. The highest BCUT2D eigenvalue weighted by Gasteiger charge is 2.34. The molecule has 1 fully saturated rings. The molecule has 1 saturated heterocycles. The lowest BCUT2D eigenvalue weighted by Crippen LogP contribution is -2.57. The van der Waals surface area contributed by atoms with Gasteiger partial charge in [-0.15, -0.1) is 50.9 Å². The lowest BCUT2D eigenvalue weighted by Gasteiger charge is -2.32. The molecule has 14 heteroatoms. The number of aromatic hydroxyl groups is 2. The van der Waals surface area contributed by atoms with Crippen LogP contribution in [0.4, 0.5) is 0 Å². The molecule has 1 unspecified atom stereocenters. The van der Waals surface area contributed by atoms with Gasteiger partial charge >= 0.3 is 0 Å². The van der Waals surface area contributed by atoms with Crippen LogP contribution in [0, 0.1) is 0 Å². The maximum Gasteiger partial charge on any atom is 0.245 e. The molecule has 0 spiro atoms. The van der Waals surface area contributed by atoms with Gasteiger partial charge in [0.15, 0.2) is 0 Å². The van der Waals surface area contributed by atoms with Gasteiger partial charge in [-0.05, 0) is 91.7 Å². The Kier molecular flexibility index (Phi) is 17.6. The molecule has 0 radical (unpaired) electrons. The number of fused-ring (bicyclic) bond motifs is 5. The molecule has 0 saturated carbocycles. The summed E-state index contributed by atoms with van der Waals surface area (Å²) >= 11 is 0. The average Bonchev–Trinajstić information content (AvgIpc) is 2.99. The number of carbonyl (C=O) groups is 3. The molecule has 0 aliphatic carbocycles. The maximum atomic E-state index is 13.8. The summed E-state index contributed by atoms with van der Waals surface area (Å²) in [5.41, 5.74) is 14.4. The molecule has 252 valence electrons. The Morgan fingerprint density at radius 3 is 2.18 bits per heavy atom. The van der Waals surface area contributed by atoms with Gasteiger partial charge in [-0.2, -0.15) is 0 Å². The lowest BCUT2D eigenvalue weighted by atomic mass is 9.95. The highest BCUT2D eigenvalue weighted by Crippen LogP contribution is 2.31. The Labute approximate surface area is 296 Å². The number of hydrogen-bond acceptors (Lipinski definition) is 8. The van der Waals surface area contributed by atoms with Gasteiger partial charge in [-0.3, -0.25) is 14.4 Å². The monoisotopic (exact) mass is 820 g/mol. The first-order valence-corrected chi connectivity index (χ1v) is 14.9. The predicted molar refractivity (Wildman–Crippen MR) is 192 cm³/mol. The number of carbonyl (C=O) groups excluding carboxylic acids is 3. The molecule has 11 nitrogen and oxygen atoms in total. The van der Waals surface area contributed by atoms with E-state index in [-0.39, 0.29) is 87.6 Å². The number of benzene rings is 2. The minimum atomic E-state index is -1.03. The summed E-state index contributed by atoms with van der Waals surface area (Å²) in [6.07, 6.45) is 4.97. The number of piperidine rings is 1. The van der Waals surface area contributed by atoms with Crippen molar-refractivity contribution < 1.29 is 24.6 Å². The van der Waals surface area contributed by atoms with E-state index in [2.05, 4.69) is 16.0 Å². The van der Waals surface area contributed by atoms with Crippen molar-refractivity contribution in [2.75, 3.05) is 26.7 Å². The Bertz CT molecular complexity index is 1280. The summed E-state index contributed by atoms with van der Waals surface area (Å²) in [5.74, 6) is -1.34. The van der Waals surface area contributed by atoms with Crippen LogP contribution < -0.4 is 27.4 Å². The topological polar surface area (TPSA) is 183 Å². The summed E-state index contributed by atoms with van der Waals surface area (Å²) in [7, 11) is 1.54. The quantitative estimate of drug-likeness (QED) is 0.223. The highest BCUT2D eigenvalue weighted by atomic mass is 79.9. The molecule has 2 aromatic carbocycles. The fraction of sp³-hybridized carbons (Fsp3) is 0.516. The van der Waals surface area contributed by atoms with Crippen LogP contribution in [0.5, 0.6) is 11.5 Å². The van der Waals surface area contributed by atoms with E-state index >= 15 is 0 Å². The van der Waals surface area contributed by atoms with Gasteiger partial charge in [-0.1, -0.05) is 18.6 Å². The zero-order chi connectivity index (χ0) is 30.2. The highest BCUT2D eigenvalue weighted by molar-refractivity contribution is 8.93. The van der Waals surface area contributed by atoms with Crippen LogP contribution in [0.2, 0.25) is 0 Å². The summed E-state index contributed by atoms with van der Waals surface area (Å²) in [6.45, 7) is 1.73. The molecule has 2 aliphatic rings. The molecule has 9 N–H and O–H groups in total. The molecule has 0 aromatic heterocycles. The number of nitrogens with one attached hydrogen (secondary N) is 3. The second-order valence-corrected chi connectivity index (χ2v) is 11.4. The number of nitrogens with zero attached hydrogens (tertiary/aromatic N) is 1. The standard InChI is InChI=1S/C31H44N6O5.3BrH/c1-37-26(30(41)35-14-11-23-5-2-3-13-34-23)18-22-16-20(8-10-28(22)39)19-7-9-27(38)21(15-19)17-24(33)29(40)36-25(31(37)42)6-4-12-32;;;/h7-10,15-16,23-26,34,38-39H,2-6,11-14,17-18,32-33H2,1H3,(H,35,41)(H,36,40);3*1H/t23?,24-,25-,26-;;;/m0.../s1. The average molecular weight is 823 g/mol. The first kappa shape index (κ1) is 40.8. The molecule has 3 amide bonds. The van der Waals surface area contributed by atoms with E-state index in [0.29, 0.717) is 36.7 Å². The summed E-state index contributed by atoms with van der Waals surface area (Å²) in [6, 6.07) is 7.51. The van der Waals surface area contributed by atoms with E-state index in [0.717, 1.165) is 43.4 Å². The van der Waals surface area contributed by atoms with Crippen LogP contribution in [0.1, 0.15) is 49.7 Å². The molecule has 4 bridgehead atoms. The van der Waals surface area contributed by atoms with Gasteiger partial charge in [0.1, 0.15) is 23.6 Å². The number of hydrogen-bond donors (Lipinski definition) is 7. The van der Waals surface area contributed by atoms with Crippen LogP contribution in [0.25, 0.3) is 11.1 Å². The second kappa shape index (κ2) is 19.4. The van der Waals surface area contributed by atoms with Crippen molar-refractivity contribution in [1.82, 2.24) is 20.9 Å². The number of amides is 3. The van der Waals surface area contributed by atoms with Crippen molar-refractivity contribution in [3.63, 3.8) is 0 Å². The van der Waals surface area contributed by atoms with Crippen LogP contribution in [-0.2, 0) is 27.2 Å². The van der Waals surface area contributed by atoms with Gasteiger partial charge in [-0.25, -0.2) is 0 Å². The van der Waals surface area contributed by atoms with Crippen molar-refractivity contribution in [3.05, 3.63) is 47.5 Å². The Morgan fingerprint density at radius 2 is 1.60 bits per heavy atom. The van der Waals surface area contributed by atoms with Crippen molar-refractivity contribution >= 4 is 68.7 Å². The number of likely N-dealkylation sites (N-methyl/N-ethyl adjacent to an activating group) is 1. The van der Waals surface area contributed by atoms with Crippen molar-refractivity contribution in [1.29, 1.82) is 0 Å². The van der Waals surface area contributed by atoms with Gasteiger partial charge in [0.25, 0.3) is 0 Å².